The molecule has 1 aromatic carbocycles. The fourth-order valence-corrected chi connectivity index (χ4v) is 3.32. The molecule has 0 radical (unpaired) electrons. The van der Waals surface area contributed by atoms with Crippen molar-refractivity contribution < 1.29 is 9.47 Å². The number of ether oxygens (including phenoxy) is 2. The van der Waals surface area contributed by atoms with Crippen LogP contribution < -0.4 is 10.1 Å². The first kappa shape index (κ1) is 13.9. The van der Waals surface area contributed by atoms with E-state index < -0.39 is 0 Å². The molecule has 2 unspecified atom stereocenters. The highest BCUT2D eigenvalue weighted by atomic mass is 16.5. The maximum Gasteiger partial charge on any atom is 0.123 e. The fraction of sp³-hybridized carbons (Fsp3) is 0.647. The zero-order chi connectivity index (χ0) is 14.2. The molecule has 1 N–H and O–H groups in total. The average molecular weight is 275 g/mol. The van der Waals surface area contributed by atoms with Crippen LogP contribution in [0.15, 0.2) is 18.2 Å². The van der Waals surface area contributed by atoms with E-state index in [1.54, 1.807) is 0 Å². The number of hydrogen-bond donors (Lipinski definition) is 1. The summed E-state index contributed by atoms with van der Waals surface area (Å²) in [6, 6.07) is 7.09. The van der Waals surface area contributed by atoms with E-state index in [1.165, 1.54) is 11.1 Å². The summed E-state index contributed by atoms with van der Waals surface area (Å²) in [4.78, 5) is 0. The summed E-state index contributed by atoms with van der Waals surface area (Å²) in [6.45, 7) is 10.2. The van der Waals surface area contributed by atoms with Crippen molar-refractivity contribution in [3.63, 3.8) is 0 Å². The summed E-state index contributed by atoms with van der Waals surface area (Å²) in [6.07, 6.45) is 1.15. The fourth-order valence-electron chi connectivity index (χ4n) is 3.32. The van der Waals surface area contributed by atoms with E-state index in [-0.39, 0.29) is 5.41 Å². The highest BCUT2D eigenvalue weighted by Crippen LogP contribution is 2.40. The Hall–Kier alpha value is -1.06. The van der Waals surface area contributed by atoms with Crippen LogP contribution in [0.25, 0.3) is 0 Å². The predicted molar refractivity (Wildman–Crippen MR) is 80.3 cm³/mol. The standard InChI is InChI=1S/C17H25NO2/c1-4-18-16(13-7-8-19-10-13)12-5-6-15-14(9-12)17(2,3)11-20-15/h5-6,9,13,16,18H,4,7-8,10-11H2,1-3H3. The second kappa shape index (κ2) is 5.38. The lowest BCUT2D eigenvalue weighted by atomic mass is 9.83. The monoisotopic (exact) mass is 275 g/mol. The lowest BCUT2D eigenvalue weighted by molar-refractivity contribution is 0.177. The number of nitrogens with one attached hydrogen (secondary N) is 1. The van der Waals surface area contributed by atoms with Gasteiger partial charge in [0.2, 0.25) is 0 Å². The summed E-state index contributed by atoms with van der Waals surface area (Å²) in [7, 11) is 0. The molecule has 0 aliphatic carbocycles. The van der Waals surface area contributed by atoms with Crippen molar-refractivity contribution in [3.05, 3.63) is 29.3 Å². The van der Waals surface area contributed by atoms with Gasteiger partial charge in [-0.3, -0.25) is 0 Å². The minimum Gasteiger partial charge on any atom is -0.492 e. The van der Waals surface area contributed by atoms with E-state index in [9.17, 15) is 0 Å². The molecule has 0 amide bonds. The average Bonchev–Trinajstić information content (AvgIpc) is 3.05. The second-order valence-corrected chi connectivity index (χ2v) is 6.59. The topological polar surface area (TPSA) is 30.5 Å². The van der Waals surface area contributed by atoms with E-state index in [2.05, 4.69) is 44.3 Å². The summed E-state index contributed by atoms with van der Waals surface area (Å²) in [5.74, 6) is 1.63. The molecule has 2 heterocycles. The molecule has 3 rings (SSSR count). The van der Waals surface area contributed by atoms with Gasteiger partial charge in [0.15, 0.2) is 0 Å². The largest absolute Gasteiger partial charge is 0.492 e. The minimum atomic E-state index is 0.119. The summed E-state index contributed by atoms with van der Waals surface area (Å²) in [5.41, 5.74) is 2.84. The molecule has 1 fully saturated rings. The van der Waals surface area contributed by atoms with Gasteiger partial charge in [-0.25, -0.2) is 0 Å². The number of fused-ring (bicyclic) bond motifs is 1. The highest BCUT2D eigenvalue weighted by molar-refractivity contribution is 5.46. The summed E-state index contributed by atoms with van der Waals surface area (Å²) in [5, 5.41) is 3.64. The predicted octanol–water partition coefficient (Wildman–Crippen LogP) is 3.04. The van der Waals surface area contributed by atoms with E-state index in [0.717, 1.165) is 38.5 Å². The summed E-state index contributed by atoms with van der Waals surface area (Å²) >= 11 is 0. The van der Waals surface area contributed by atoms with Gasteiger partial charge in [-0.2, -0.15) is 0 Å². The van der Waals surface area contributed by atoms with Crippen molar-refractivity contribution in [1.29, 1.82) is 0 Å². The quantitative estimate of drug-likeness (QED) is 0.916. The van der Waals surface area contributed by atoms with Gasteiger partial charge < -0.3 is 14.8 Å². The Labute approximate surface area is 121 Å². The molecule has 1 aromatic rings. The van der Waals surface area contributed by atoms with Crippen molar-refractivity contribution in [2.24, 2.45) is 5.92 Å². The van der Waals surface area contributed by atoms with Gasteiger partial charge in [-0.15, -0.1) is 0 Å². The van der Waals surface area contributed by atoms with Crippen LogP contribution in [-0.2, 0) is 10.2 Å². The molecular weight excluding hydrogens is 250 g/mol. The van der Waals surface area contributed by atoms with Gasteiger partial charge in [0.1, 0.15) is 5.75 Å². The van der Waals surface area contributed by atoms with E-state index in [4.69, 9.17) is 9.47 Å². The van der Waals surface area contributed by atoms with Crippen LogP contribution >= 0.6 is 0 Å². The van der Waals surface area contributed by atoms with Crippen LogP contribution in [0.2, 0.25) is 0 Å². The smallest absolute Gasteiger partial charge is 0.123 e. The second-order valence-electron chi connectivity index (χ2n) is 6.59. The Morgan fingerprint density at radius 1 is 1.40 bits per heavy atom. The molecule has 1 saturated heterocycles. The minimum absolute atomic E-state index is 0.119. The van der Waals surface area contributed by atoms with Gasteiger partial charge in [-0.05, 0) is 30.7 Å². The highest BCUT2D eigenvalue weighted by Gasteiger charge is 2.33. The Kier molecular flexibility index (Phi) is 3.74. The van der Waals surface area contributed by atoms with Crippen molar-refractivity contribution in [1.82, 2.24) is 5.32 Å². The van der Waals surface area contributed by atoms with E-state index in [1.807, 2.05) is 0 Å². The number of benzene rings is 1. The van der Waals surface area contributed by atoms with Crippen LogP contribution in [0, 0.1) is 5.92 Å². The van der Waals surface area contributed by atoms with Crippen LogP contribution in [0.4, 0.5) is 0 Å². The first-order chi connectivity index (χ1) is 9.62. The molecule has 110 valence electrons. The molecule has 3 nitrogen and oxygen atoms in total. The maximum absolute atomic E-state index is 5.79. The molecule has 2 aliphatic rings. The first-order valence-electron chi connectivity index (χ1n) is 7.70. The van der Waals surface area contributed by atoms with Gasteiger partial charge in [0.25, 0.3) is 0 Å². The molecule has 0 saturated carbocycles. The normalized spacial score (nSPS) is 25.2. The summed E-state index contributed by atoms with van der Waals surface area (Å²) < 4.78 is 11.4. The molecule has 3 heteroatoms. The molecule has 2 aliphatic heterocycles. The molecule has 0 bridgehead atoms. The lowest BCUT2D eigenvalue weighted by Crippen LogP contribution is -2.29. The third-order valence-corrected chi connectivity index (χ3v) is 4.54. The van der Waals surface area contributed by atoms with E-state index >= 15 is 0 Å². The van der Waals surface area contributed by atoms with Crippen molar-refractivity contribution in [2.75, 3.05) is 26.4 Å². The van der Waals surface area contributed by atoms with Crippen molar-refractivity contribution in [2.45, 2.75) is 38.6 Å². The van der Waals surface area contributed by atoms with Gasteiger partial charge >= 0.3 is 0 Å². The Morgan fingerprint density at radius 2 is 2.25 bits per heavy atom. The molecule has 2 atom stereocenters. The van der Waals surface area contributed by atoms with Gasteiger partial charge in [0.05, 0.1) is 13.2 Å². The molecule has 0 spiro atoms. The van der Waals surface area contributed by atoms with E-state index in [0.29, 0.717) is 12.0 Å². The Balaban J connectivity index is 1.91. The molecule has 20 heavy (non-hydrogen) atoms. The zero-order valence-electron chi connectivity index (χ0n) is 12.7. The number of rotatable bonds is 4. The maximum atomic E-state index is 5.79. The van der Waals surface area contributed by atoms with Gasteiger partial charge in [0, 0.05) is 29.5 Å². The van der Waals surface area contributed by atoms with Crippen LogP contribution in [0.5, 0.6) is 5.75 Å². The van der Waals surface area contributed by atoms with Crippen LogP contribution in [0.1, 0.15) is 44.4 Å². The zero-order valence-corrected chi connectivity index (χ0v) is 12.7. The van der Waals surface area contributed by atoms with Crippen molar-refractivity contribution in [3.8, 4) is 5.75 Å². The Morgan fingerprint density at radius 3 is 2.95 bits per heavy atom. The van der Waals surface area contributed by atoms with Crippen LogP contribution in [0.3, 0.4) is 0 Å². The third kappa shape index (κ3) is 2.45. The number of hydrogen-bond acceptors (Lipinski definition) is 3. The first-order valence-corrected chi connectivity index (χ1v) is 7.70. The molecular formula is C17H25NO2. The van der Waals surface area contributed by atoms with Crippen LogP contribution in [-0.4, -0.2) is 26.4 Å². The van der Waals surface area contributed by atoms with Crippen molar-refractivity contribution >= 4 is 0 Å². The lowest BCUT2D eigenvalue weighted by Gasteiger charge is -2.25. The molecule has 0 aromatic heterocycles. The SMILES string of the molecule is CCNC(c1ccc2c(c1)C(C)(C)CO2)C1CCOC1. The Bertz CT molecular complexity index is 478. The van der Waals surface area contributed by atoms with Gasteiger partial charge in [-0.1, -0.05) is 26.8 Å². The third-order valence-electron chi connectivity index (χ3n) is 4.54.